The highest BCUT2D eigenvalue weighted by Crippen LogP contribution is 2.41. The molecule has 0 heterocycles. The van der Waals surface area contributed by atoms with Crippen molar-refractivity contribution in [3.05, 3.63) is 0 Å². The summed E-state index contributed by atoms with van der Waals surface area (Å²) in [7, 11) is 0. The van der Waals surface area contributed by atoms with E-state index in [9.17, 15) is 13.2 Å². The van der Waals surface area contributed by atoms with Crippen LogP contribution in [0.25, 0.3) is 0 Å². The van der Waals surface area contributed by atoms with E-state index in [4.69, 9.17) is 0 Å². The fourth-order valence-electron chi connectivity index (χ4n) is 2.86. The van der Waals surface area contributed by atoms with E-state index in [1.165, 1.54) is 6.42 Å². The average molecular weight is 281 g/mol. The zero-order chi connectivity index (χ0) is 14.4. The quantitative estimate of drug-likeness (QED) is 0.681. The van der Waals surface area contributed by atoms with E-state index in [1.807, 2.05) is 0 Å². The first-order chi connectivity index (χ1) is 8.85. The average Bonchev–Trinajstić information content (AvgIpc) is 2.67. The Bertz CT molecular complexity index is 258. The highest BCUT2D eigenvalue weighted by molar-refractivity contribution is 4.89. The van der Waals surface area contributed by atoms with Crippen molar-refractivity contribution in [2.45, 2.75) is 64.6 Å². The van der Waals surface area contributed by atoms with Gasteiger partial charge in [0.05, 0.1) is 0 Å². The van der Waals surface area contributed by atoms with Gasteiger partial charge in [-0.25, -0.2) is 0 Å². The van der Waals surface area contributed by atoms with Crippen LogP contribution < -0.4 is 5.32 Å². The maximum Gasteiger partial charge on any atom is 0.411 e. The normalized spacial score (nSPS) is 27.9. The minimum Gasteiger partial charge on any atom is -0.372 e. The van der Waals surface area contributed by atoms with Gasteiger partial charge in [0.15, 0.2) is 0 Å². The largest absolute Gasteiger partial charge is 0.411 e. The number of hydrogen-bond acceptors (Lipinski definition) is 2. The standard InChI is InChI=1S/C14H26F3NO/c1-3-8-18-12-5-7-13(2,10-12)6-4-9-19-11-14(15,16)17/h12,18H,3-11H2,1-2H3. The molecule has 1 aliphatic carbocycles. The Balaban J connectivity index is 2.12. The van der Waals surface area contributed by atoms with Crippen molar-refractivity contribution in [3.8, 4) is 0 Å². The van der Waals surface area contributed by atoms with Gasteiger partial charge in [0.2, 0.25) is 0 Å². The maximum atomic E-state index is 11.9. The monoisotopic (exact) mass is 281 g/mol. The van der Waals surface area contributed by atoms with Crippen molar-refractivity contribution >= 4 is 0 Å². The van der Waals surface area contributed by atoms with Gasteiger partial charge in [-0.1, -0.05) is 13.8 Å². The summed E-state index contributed by atoms with van der Waals surface area (Å²) in [5.41, 5.74) is 0.271. The Morgan fingerprint density at radius 3 is 2.74 bits per heavy atom. The predicted molar refractivity (Wildman–Crippen MR) is 70.1 cm³/mol. The zero-order valence-corrected chi connectivity index (χ0v) is 12.0. The zero-order valence-electron chi connectivity index (χ0n) is 12.0. The first-order valence-electron chi connectivity index (χ1n) is 7.22. The molecule has 5 heteroatoms. The molecule has 0 aromatic carbocycles. The number of halogens is 3. The molecule has 0 spiro atoms. The van der Waals surface area contributed by atoms with E-state index in [2.05, 4.69) is 23.9 Å². The molecule has 0 aromatic rings. The molecule has 0 bridgehead atoms. The van der Waals surface area contributed by atoms with Crippen LogP contribution in [0, 0.1) is 5.41 Å². The van der Waals surface area contributed by atoms with E-state index in [0.29, 0.717) is 12.5 Å². The Labute approximate surface area is 114 Å². The number of nitrogens with one attached hydrogen (secondary N) is 1. The van der Waals surface area contributed by atoms with Crippen molar-refractivity contribution in [1.29, 1.82) is 0 Å². The van der Waals surface area contributed by atoms with Crippen LogP contribution in [0.4, 0.5) is 13.2 Å². The van der Waals surface area contributed by atoms with E-state index in [0.717, 1.165) is 32.2 Å². The highest BCUT2D eigenvalue weighted by Gasteiger charge is 2.34. The fourth-order valence-corrected chi connectivity index (χ4v) is 2.86. The second-order valence-electron chi connectivity index (χ2n) is 5.98. The molecular formula is C14H26F3NO. The van der Waals surface area contributed by atoms with Gasteiger partial charge < -0.3 is 10.1 Å². The Morgan fingerprint density at radius 2 is 2.11 bits per heavy atom. The first-order valence-corrected chi connectivity index (χ1v) is 7.22. The van der Waals surface area contributed by atoms with Crippen LogP contribution in [0.1, 0.15) is 52.4 Å². The summed E-state index contributed by atoms with van der Waals surface area (Å²) < 4.78 is 40.3. The van der Waals surface area contributed by atoms with Crippen LogP contribution in [0.3, 0.4) is 0 Å². The summed E-state index contributed by atoms with van der Waals surface area (Å²) >= 11 is 0. The van der Waals surface area contributed by atoms with Gasteiger partial charge >= 0.3 is 6.18 Å². The number of ether oxygens (including phenoxy) is 1. The molecule has 2 unspecified atom stereocenters. The summed E-state index contributed by atoms with van der Waals surface area (Å²) in [5, 5.41) is 3.53. The van der Waals surface area contributed by atoms with E-state index >= 15 is 0 Å². The lowest BCUT2D eigenvalue weighted by Gasteiger charge is -2.24. The van der Waals surface area contributed by atoms with Gasteiger partial charge in [-0.2, -0.15) is 13.2 Å². The van der Waals surface area contributed by atoms with Crippen molar-refractivity contribution in [2.24, 2.45) is 5.41 Å². The minimum atomic E-state index is -4.20. The lowest BCUT2D eigenvalue weighted by molar-refractivity contribution is -0.174. The number of hydrogen-bond donors (Lipinski definition) is 1. The summed E-state index contributed by atoms with van der Waals surface area (Å²) in [6.07, 6.45) is 2.08. The maximum absolute atomic E-state index is 11.9. The van der Waals surface area contributed by atoms with Crippen molar-refractivity contribution < 1.29 is 17.9 Å². The van der Waals surface area contributed by atoms with Gasteiger partial charge in [0, 0.05) is 12.6 Å². The summed E-state index contributed by atoms with van der Waals surface area (Å²) in [6, 6.07) is 0.584. The molecule has 1 saturated carbocycles. The van der Waals surface area contributed by atoms with Crippen molar-refractivity contribution in [2.75, 3.05) is 19.8 Å². The molecular weight excluding hydrogens is 255 g/mol. The lowest BCUT2D eigenvalue weighted by Crippen LogP contribution is -2.28. The predicted octanol–water partition coefficient (Wildman–Crippen LogP) is 3.90. The Kier molecular flexibility index (Phi) is 6.60. The molecule has 2 nitrogen and oxygen atoms in total. The third-order valence-electron chi connectivity index (χ3n) is 3.85. The van der Waals surface area contributed by atoms with Crippen LogP contribution in [0.15, 0.2) is 0 Å². The Morgan fingerprint density at radius 1 is 1.37 bits per heavy atom. The fraction of sp³-hybridized carbons (Fsp3) is 1.00. The molecule has 0 saturated heterocycles. The molecule has 0 radical (unpaired) electrons. The second kappa shape index (κ2) is 7.48. The smallest absolute Gasteiger partial charge is 0.372 e. The molecule has 0 aromatic heterocycles. The minimum absolute atomic E-state index is 0.210. The second-order valence-corrected chi connectivity index (χ2v) is 5.98. The van der Waals surface area contributed by atoms with E-state index < -0.39 is 12.8 Å². The molecule has 0 aliphatic heterocycles. The summed E-state index contributed by atoms with van der Waals surface area (Å²) in [4.78, 5) is 0. The summed E-state index contributed by atoms with van der Waals surface area (Å²) in [6.45, 7) is 4.53. The van der Waals surface area contributed by atoms with Crippen LogP contribution in [0.5, 0.6) is 0 Å². The summed E-state index contributed by atoms with van der Waals surface area (Å²) in [5.74, 6) is 0. The lowest BCUT2D eigenvalue weighted by atomic mass is 9.84. The molecule has 114 valence electrons. The van der Waals surface area contributed by atoms with E-state index in [1.54, 1.807) is 0 Å². The van der Waals surface area contributed by atoms with Crippen molar-refractivity contribution in [3.63, 3.8) is 0 Å². The molecule has 2 atom stereocenters. The first kappa shape index (κ1) is 16.8. The molecule has 0 amide bonds. The SMILES string of the molecule is CCCNC1CCC(C)(CCCOCC(F)(F)F)C1. The van der Waals surface area contributed by atoms with Crippen LogP contribution >= 0.6 is 0 Å². The molecule has 1 N–H and O–H groups in total. The van der Waals surface area contributed by atoms with Crippen LogP contribution in [-0.4, -0.2) is 32.0 Å². The molecule has 1 aliphatic rings. The third-order valence-corrected chi connectivity index (χ3v) is 3.85. The third kappa shape index (κ3) is 7.16. The number of rotatable bonds is 8. The topological polar surface area (TPSA) is 21.3 Å². The Hall–Kier alpha value is -0.290. The molecule has 1 rings (SSSR count). The van der Waals surface area contributed by atoms with Gasteiger partial charge in [0.1, 0.15) is 6.61 Å². The van der Waals surface area contributed by atoms with Crippen LogP contribution in [0.2, 0.25) is 0 Å². The van der Waals surface area contributed by atoms with Crippen molar-refractivity contribution in [1.82, 2.24) is 5.32 Å². The molecule has 1 fully saturated rings. The molecule has 19 heavy (non-hydrogen) atoms. The van der Waals surface area contributed by atoms with Crippen LogP contribution in [-0.2, 0) is 4.74 Å². The van der Waals surface area contributed by atoms with Gasteiger partial charge in [0.25, 0.3) is 0 Å². The van der Waals surface area contributed by atoms with E-state index in [-0.39, 0.29) is 12.0 Å². The van der Waals surface area contributed by atoms with Gasteiger partial charge in [-0.3, -0.25) is 0 Å². The number of alkyl halides is 3. The highest BCUT2D eigenvalue weighted by atomic mass is 19.4. The van der Waals surface area contributed by atoms with Gasteiger partial charge in [-0.15, -0.1) is 0 Å². The van der Waals surface area contributed by atoms with Gasteiger partial charge in [-0.05, 0) is 50.5 Å².